The predicted octanol–water partition coefficient (Wildman–Crippen LogP) is 1.79. The smallest absolute Gasteiger partial charge is 0.335 e. The molecule has 1 aromatic rings. The van der Waals surface area contributed by atoms with Crippen LogP contribution >= 0.6 is 0 Å². The van der Waals surface area contributed by atoms with Gasteiger partial charge in [-0.2, -0.15) is 0 Å². The van der Waals surface area contributed by atoms with Gasteiger partial charge >= 0.3 is 5.97 Å². The summed E-state index contributed by atoms with van der Waals surface area (Å²) in [5.74, 6) is -0.185. The molecule has 0 aliphatic carbocycles. The number of hydrogen-bond donors (Lipinski definition) is 1. The Hall–Kier alpha value is -1.59. The Morgan fingerprint density at radius 3 is 2.43 bits per heavy atom. The third kappa shape index (κ3) is 5.02. The van der Waals surface area contributed by atoms with Crippen molar-refractivity contribution in [1.82, 2.24) is 9.80 Å². The normalized spacial score (nSPS) is 18.4. The van der Waals surface area contributed by atoms with E-state index in [0.717, 1.165) is 44.9 Å². The molecular formula is C16H24N2O3. The first-order valence-corrected chi connectivity index (χ1v) is 7.45. The van der Waals surface area contributed by atoms with Crippen molar-refractivity contribution >= 4 is 5.97 Å². The number of nitrogens with zero attached hydrogens (tertiary/aromatic N) is 2. The van der Waals surface area contributed by atoms with E-state index in [2.05, 4.69) is 23.8 Å². The van der Waals surface area contributed by atoms with Gasteiger partial charge in [-0.3, -0.25) is 0 Å². The number of carboxylic acid groups (broad SMARTS) is 1. The average molecular weight is 292 g/mol. The third-order valence-electron chi connectivity index (χ3n) is 3.89. The number of piperazine rings is 1. The van der Waals surface area contributed by atoms with Crippen molar-refractivity contribution < 1.29 is 14.6 Å². The third-order valence-corrected chi connectivity index (χ3v) is 3.89. The molecule has 1 aromatic carbocycles. The van der Waals surface area contributed by atoms with Crippen molar-refractivity contribution in [2.45, 2.75) is 19.4 Å². The Balaban J connectivity index is 1.73. The minimum absolute atomic E-state index is 0.125. The lowest BCUT2D eigenvalue weighted by Crippen LogP contribution is -2.45. The number of ether oxygens (including phenoxy) is 1. The van der Waals surface area contributed by atoms with Gasteiger partial charge in [0.2, 0.25) is 0 Å². The van der Waals surface area contributed by atoms with Crippen molar-refractivity contribution in [3.63, 3.8) is 0 Å². The molecule has 5 heteroatoms. The largest absolute Gasteiger partial charge is 0.491 e. The first-order valence-electron chi connectivity index (χ1n) is 7.45. The SMILES string of the molecule is CC(CCN1CCN(C)CC1)Oc1ccc(C(=O)O)cc1. The summed E-state index contributed by atoms with van der Waals surface area (Å²) in [4.78, 5) is 15.6. The summed E-state index contributed by atoms with van der Waals surface area (Å²) in [7, 11) is 2.16. The maximum Gasteiger partial charge on any atom is 0.335 e. The summed E-state index contributed by atoms with van der Waals surface area (Å²) in [6.45, 7) is 7.61. The van der Waals surface area contributed by atoms with E-state index < -0.39 is 5.97 Å². The van der Waals surface area contributed by atoms with E-state index in [1.165, 1.54) is 0 Å². The molecule has 0 saturated carbocycles. The first-order chi connectivity index (χ1) is 10.0. The maximum atomic E-state index is 10.8. The van der Waals surface area contributed by atoms with E-state index in [-0.39, 0.29) is 11.7 Å². The minimum atomic E-state index is -0.912. The number of hydrogen-bond acceptors (Lipinski definition) is 4. The Morgan fingerprint density at radius 1 is 1.24 bits per heavy atom. The fraction of sp³-hybridized carbons (Fsp3) is 0.562. The molecule has 1 aliphatic rings. The molecule has 0 bridgehead atoms. The van der Waals surface area contributed by atoms with Gasteiger partial charge in [0.05, 0.1) is 11.7 Å². The van der Waals surface area contributed by atoms with Crippen LogP contribution < -0.4 is 4.74 Å². The summed E-state index contributed by atoms with van der Waals surface area (Å²) >= 11 is 0. The highest BCUT2D eigenvalue weighted by molar-refractivity contribution is 5.87. The van der Waals surface area contributed by atoms with Gasteiger partial charge in [-0.25, -0.2) is 4.79 Å². The fourth-order valence-electron chi connectivity index (χ4n) is 2.40. The molecule has 1 aliphatic heterocycles. The summed E-state index contributed by atoms with van der Waals surface area (Å²) in [6, 6.07) is 6.58. The molecule has 0 aromatic heterocycles. The molecule has 0 radical (unpaired) electrons. The van der Waals surface area contributed by atoms with Gasteiger partial charge in [0.25, 0.3) is 0 Å². The second-order valence-electron chi connectivity index (χ2n) is 5.69. The lowest BCUT2D eigenvalue weighted by atomic mass is 10.2. The van der Waals surface area contributed by atoms with Gasteiger partial charge in [-0.05, 0) is 44.7 Å². The lowest BCUT2D eigenvalue weighted by molar-refractivity contribution is 0.0697. The number of benzene rings is 1. The molecule has 0 amide bonds. The zero-order valence-corrected chi connectivity index (χ0v) is 12.8. The molecule has 1 atom stereocenters. The second kappa shape index (κ2) is 7.43. The molecule has 1 heterocycles. The van der Waals surface area contributed by atoms with Gasteiger partial charge < -0.3 is 19.6 Å². The van der Waals surface area contributed by atoms with Crippen LogP contribution in [0.4, 0.5) is 0 Å². The fourth-order valence-corrected chi connectivity index (χ4v) is 2.40. The molecule has 1 unspecified atom stereocenters. The van der Waals surface area contributed by atoms with Crippen LogP contribution in [0.15, 0.2) is 24.3 Å². The van der Waals surface area contributed by atoms with E-state index in [1.807, 2.05) is 0 Å². The summed E-state index contributed by atoms with van der Waals surface area (Å²) < 4.78 is 5.83. The highest BCUT2D eigenvalue weighted by atomic mass is 16.5. The van der Waals surface area contributed by atoms with Crippen LogP contribution in [0.25, 0.3) is 0 Å². The minimum Gasteiger partial charge on any atom is -0.491 e. The number of aromatic carboxylic acids is 1. The van der Waals surface area contributed by atoms with Crippen molar-refractivity contribution in [1.29, 1.82) is 0 Å². The second-order valence-corrected chi connectivity index (χ2v) is 5.69. The highest BCUT2D eigenvalue weighted by Gasteiger charge is 2.15. The molecule has 21 heavy (non-hydrogen) atoms. The first kappa shape index (κ1) is 15.8. The van der Waals surface area contributed by atoms with E-state index >= 15 is 0 Å². The highest BCUT2D eigenvalue weighted by Crippen LogP contribution is 2.15. The summed E-state index contributed by atoms with van der Waals surface area (Å²) in [5, 5.41) is 8.85. The number of carbonyl (C=O) groups is 1. The predicted molar refractivity (Wildman–Crippen MR) is 82.0 cm³/mol. The molecule has 116 valence electrons. The number of rotatable bonds is 6. The van der Waals surface area contributed by atoms with Crippen LogP contribution in [-0.2, 0) is 0 Å². The van der Waals surface area contributed by atoms with Crippen LogP contribution in [0.3, 0.4) is 0 Å². The summed E-state index contributed by atoms with van der Waals surface area (Å²) in [5.41, 5.74) is 0.285. The van der Waals surface area contributed by atoms with Gasteiger partial charge in [-0.1, -0.05) is 0 Å². The standard InChI is InChI=1S/C16H24N2O3/c1-13(7-8-18-11-9-17(2)10-12-18)21-15-5-3-14(4-6-15)16(19)20/h3-6,13H,7-12H2,1-2H3,(H,19,20). The van der Waals surface area contributed by atoms with Crippen LogP contribution in [0.5, 0.6) is 5.75 Å². The van der Waals surface area contributed by atoms with Crippen molar-refractivity contribution in [3.05, 3.63) is 29.8 Å². The van der Waals surface area contributed by atoms with Gasteiger partial charge in [-0.15, -0.1) is 0 Å². The topological polar surface area (TPSA) is 53.0 Å². The van der Waals surface area contributed by atoms with Crippen molar-refractivity contribution in [2.24, 2.45) is 0 Å². The van der Waals surface area contributed by atoms with Crippen LogP contribution in [-0.4, -0.2) is 66.8 Å². The zero-order valence-electron chi connectivity index (χ0n) is 12.8. The Labute approximate surface area is 126 Å². The lowest BCUT2D eigenvalue weighted by Gasteiger charge is -2.32. The van der Waals surface area contributed by atoms with Crippen LogP contribution in [0, 0.1) is 0 Å². The molecule has 1 N–H and O–H groups in total. The molecule has 2 rings (SSSR count). The molecular weight excluding hydrogens is 268 g/mol. The van der Waals surface area contributed by atoms with E-state index in [4.69, 9.17) is 9.84 Å². The Bertz CT molecular complexity index is 453. The van der Waals surface area contributed by atoms with Crippen LogP contribution in [0.2, 0.25) is 0 Å². The van der Waals surface area contributed by atoms with E-state index in [1.54, 1.807) is 24.3 Å². The molecule has 1 saturated heterocycles. The van der Waals surface area contributed by atoms with Gasteiger partial charge in [0.15, 0.2) is 0 Å². The van der Waals surface area contributed by atoms with Crippen LogP contribution in [0.1, 0.15) is 23.7 Å². The number of likely N-dealkylation sites (N-methyl/N-ethyl adjacent to an activating group) is 1. The maximum absolute atomic E-state index is 10.8. The molecule has 5 nitrogen and oxygen atoms in total. The molecule has 1 fully saturated rings. The van der Waals surface area contributed by atoms with E-state index in [9.17, 15) is 4.79 Å². The Morgan fingerprint density at radius 2 is 1.86 bits per heavy atom. The Kier molecular flexibility index (Phi) is 5.59. The van der Waals surface area contributed by atoms with Crippen molar-refractivity contribution in [2.75, 3.05) is 39.8 Å². The average Bonchev–Trinajstić information content (AvgIpc) is 2.47. The van der Waals surface area contributed by atoms with Gasteiger partial charge in [0, 0.05) is 32.7 Å². The zero-order chi connectivity index (χ0) is 15.2. The van der Waals surface area contributed by atoms with E-state index in [0.29, 0.717) is 0 Å². The monoisotopic (exact) mass is 292 g/mol. The van der Waals surface area contributed by atoms with Crippen molar-refractivity contribution in [3.8, 4) is 5.75 Å². The van der Waals surface area contributed by atoms with Gasteiger partial charge in [0.1, 0.15) is 5.75 Å². The summed E-state index contributed by atoms with van der Waals surface area (Å²) in [6.07, 6.45) is 1.10. The number of carboxylic acids is 1. The quantitative estimate of drug-likeness (QED) is 0.866. The molecule has 0 spiro atoms.